The second-order valence-corrected chi connectivity index (χ2v) is 6.91. The van der Waals surface area contributed by atoms with Crippen LogP contribution in [0.25, 0.3) is 0 Å². The van der Waals surface area contributed by atoms with E-state index in [1.54, 1.807) is 0 Å². The summed E-state index contributed by atoms with van der Waals surface area (Å²) in [7, 11) is 0. The van der Waals surface area contributed by atoms with Crippen LogP contribution in [0.2, 0.25) is 0 Å². The summed E-state index contributed by atoms with van der Waals surface area (Å²) < 4.78 is 0. The van der Waals surface area contributed by atoms with Gasteiger partial charge in [0, 0.05) is 20.4 Å². The van der Waals surface area contributed by atoms with Gasteiger partial charge in [0.1, 0.15) is 0 Å². The fourth-order valence-corrected chi connectivity index (χ4v) is 3.34. The molecule has 1 unspecified atom stereocenters. The van der Waals surface area contributed by atoms with Gasteiger partial charge in [-0.25, -0.2) is 0 Å². The van der Waals surface area contributed by atoms with Crippen molar-refractivity contribution in [1.29, 1.82) is 0 Å². The summed E-state index contributed by atoms with van der Waals surface area (Å²) in [5.74, 6) is 2.88. The van der Waals surface area contributed by atoms with Crippen molar-refractivity contribution in [3.8, 4) is 0 Å². The summed E-state index contributed by atoms with van der Waals surface area (Å²) in [5, 5.41) is 0. The zero-order valence-corrected chi connectivity index (χ0v) is 18.8. The molecule has 0 rings (SSSR count). The van der Waals surface area contributed by atoms with Gasteiger partial charge < -0.3 is 5.92 Å². The normalized spacial score (nSPS) is 12.4. The predicted octanol–water partition coefficient (Wildman–Crippen LogP) is 8.11. The summed E-state index contributed by atoms with van der Waals surface area (Å²) >= 11 is 0. The van der Waals surface area contributed by atoms with Gasteiger partial charge in [-0.3, -0.25) is 0 Å². The average molecular weight is 482 g/mol. The van der Waals surface area contributed by atoms with Crippen molar-refractivity contribution in [3.05, 3.63) is 5.92 Å². The van der Waals surface area contributed by atoms with Crippen LogP contribution >= 0.6 is 0 Å². The minimum Gasteiger partial charge on any atom is -0.311 e. The van der Waals surface area contributed by atoms with Crippen LogP contribution in [0, 0.1) is 11.8 Å². The van der Waals surface area contributed by atoms with E-state index in [0.29, 0.717) is 0 Å². The topological polar surface area (TPSA) is 0 Å². The Morgan fingerprint density at radius 3 is 1.50 bits per heavy atom. The summed E-state index contributed by atoms with van der Waals surface area (Å²) in [5.41, 5.74) is 0. The fourth-order valence-electron chi connectivity index (χ4n) is 3.34. The van der Waals surface area contributed by atoms with Crippen molar-refractivity contribution in [1.82, 2.24) is 0 Å². The molecular weight excluding hydrogens is 438 g/mol. The van der Waals surface area contributed by atoms with E-state index in [0.717, 1.165) is 5.92 Å². The molecule has 0 saturated carbocycles. The first-order chi connectivity index (χ1) is 10.3. The Morgan fingerprint density at radius 2 is 1.00 bits per heavy atom. The SMILES string of the molecule is CCCCCCCC(CCCC)[C-](CCCC)CCCC.[Re]. The smallest absolute Gasteiger partial charge is 0 e. The monoisotopic (exact) mass is 482 g/mol. The van der Waals surface area contributed by atoms with E-state index in [2.05, 4.69) is 27.7 Å². The molecule has 1 heteroatoms. The number of hydrogen-bond donors (Lipinski definition) is 0. The van der Waals surface area contributed by atoms with Crippen LogP contribution in [0.3, 0.4) is 0 Å². The van der Waals surface area contributed by atoms with Crippen molar-refractivity contribution in [2.24, 2.45) is 5.92 Å². The van der Waals surface area contributed by atoms with Crippen LogP contribution in [0.4, 0.5) is 0 Å². The molecule has 0 aliphatic heterocycles. The van der Waals surface area contributed by atoms with E-state index in [4.69, 9.17) is 0 Å². The molecule has 135 valence electrons. The second kappa shape index (κ2) is 19.7. The molecule has 0 aliphatic carbocycles. The van der Waals surface area contributed by atoms with Crippen LogP contribution in [-0.2, 0) is 20.4 Å². The van der Waals surface area contributed by atoms with E-state index < -0.39 is 0 Å². The number of unbranched alkanes of at least 4 members (excludes halogenated alkanes) is 7. The Balaban J connectivity index is 0. The predicted molar refractivity (Wildman–Crippen MR) is 98.7 cm³/mol. The van der Waals surface area contributed by atoms with Gasteiger partial charge in [-0.05, 0) is 0 Å². The molecule has 0 fully saturated rings. The van der Waals surface area contributed by atoms with Gasteiger partial charge in [0.05, 0.1) is 0 Å². The Labute approximate surface area is 156 Å². The molecule has 0 bridgehead atoms. The molecule has 0 nitrogen and oxygen atoms in total. The van der Waals surface area contributed by atoms with Gasteiger partial charge in [-0.15, -0.1) is 0 Å². The van der Waals surface area contributed by atoms with Crippen molar-refractivity contribution in [3.63, 3.8) is 0 Å². The molecule has 22 heavy (non-hydrogen) atoms. The summed E-state index contributed by atoms with van der Waals surface area (Å²) in [6.07, 6.45) is 21.3. The van der Waals surface area contributed by atoms with E-state index in [9.17, 15) is 0 Å². The minimum absolute atomic E-state index is 0. The van der Waals surface area contributed by atoms with Gasteiger partial charge >= 0.3 is 0 Å². The van der Waals surface area contributed by atoms with Gasteiger partial charge in [0.25, 0.3) is 0 Å². The molecule has 0 aliphatic rings. The molecule has 0 aromatic carbocycles. The first-order valence-electron chi connectivity index (χ1n) is 10.1. The Morgan fingerprint density at radius 1 is 0.545 bits per heavy atom. The van der Waals surface area contributed by atoms with Gasteiger partial charge in [0.15, 0.2) is 0 Å². The maximum absolute atomic E-state index is 2.34. The van der Waals surface area contributed by atoms with E-state index in [1.807, 2.05) is 5.92 Å². The summed E-state index contributed by atoms with van der Waals surface area (Å²) in [6.45, 7) is 9.33. The molecule has 0 spiro atoms. The van der Waals surface area contributed by atoms with Gasteiger partial charge in [0.2, 0.25) is 0 Å². The molecule has 0 aromatic heterocycles. The molecular formula is C21H43Re-. The summed E-state index contributed by atoms with van der Waals surface area (Å²) in [6, 6.07) is 0. The molecule has 1 atom stereocenters. The second-order valence-electron chi connectivity index (χ2n) is 6.91. The number of hydrogen-bond acceptors (Lipinski definition) is 0. The Kier molecular flexibility index (Phi) is 22.3. The fraction of sp³-hybridized carbons (Fsp3) is 0.952. The van der Waals surface area contributed by atoms with Crippen molar-refractivity contribution in [2.45, 2.75) is 124 Å². The van der Waals surface area contributed by atoms with Gasteiger partial charge in [-0.2, -0.15) is 18.8 Å². The van der Waals surface area contributed by atoms with E-state index in [1.165, 1.54) is 96.3 Å². The third kappa shape index (κ3) is 14.3. The van der Waals surface area contributed by atoms with Crippen LogP contribution < -0.4 is 0 Å². The van der Waals surface area contributed by atoms with Crippen LogP contribution in [-0.4, -0.2) is 0 Å². The third-order valence-corrected chi connectivity index (χ3v) is 4.84. The molecule has 0 saturated heterocycles. The largest absolute Gasteiger partial charge is 0.311 e. The third-order valence-electron chi connectivity index (χ3n) is 4.84. The summed E-state index contributed by atoms with van der Waals surface area (Å²) in [4.78, 5) is 0. The average Bonchev–Trinajstić information content (AvgIpc) is 2.51. The minimum atomic E-state index is 0. The zero-order valence-electron chi connectivity index (χ0n) is 16.1. The quantitative estimate of drug-likeness (QED) is 0.154. The van der Waals surface area contributed by atoms with E-state index >= 15 is 0 Å². The van der Waals surface area contributed by atoms with Crippen molar-refractivity contribution in [2.75, 3.05) is 0 Å². The van der Waals surface area contributed by atoms with Crippen molar-refractivity contribution < 1.29 is 20.4 Å². The molecule has 0 N–H and O–H groups in total. The Bertz CT molecular complexity index is 182. The maximum atomic E-state index is 2.34. The molecule has 0 amide bonds. The first-order valence-corrected chi connectivity index (χ1v) is 10.1. The van der Waals surface area contributed by atoms with Crippen molar-refractivity contribution >= 4 is 0 Å². The molecule has 1 radical (unpaired) electrons. The van der Waals surface area contributed by atoms with Crippen LogP contribution in [0.15, 0.2) is 0 Å². The number of rotatable bonds is 16. The zero-order chi connectivity index (χ0) is 15.8. The van der Waals surface area contributed by atoms with Crippen LogP contribution in [0.1, 0.15) is 124 Å². The van der Waals surface area contributed by atoms with Crippen LogP contribution in [0.5, 0.6) is 0 Å². The van der Waals surface area contributed by atoms with Gasteiger partial charge in [-0.1, -0.05) is 111 Å². The maximum Gasteiger partial charge on any atom is 0 e. The first kappa shape index (κ1) is 24.9. The molecule has 0 heterocycles. The standard InChI is InChI=1S/C21H43.Re/c1-5-9-13-14-15-19-21(18-12-8-4)20(16-10-6-2)17-11-7-3;/h21H,5-19H2,1-4H3;/q-1;. The Hall–Kier alpha value is 0.662. The molecule has 0 aromatic rings. The van der Waals surface area contributed by atoms with E-state index in [-0.39, 0.29) is 20.4 Å².